The van der Waals surface area contributed by atoms with E-state index >= 15 is 0 Å². The molecule has 2 unspecified atom stereocenters. The molecule has 2 atom stereocenters. The average Bonchev–Trinajstić information content (AvgIpc) is 3.23. The van der Waals surface area contributed by atoms with E-state index in [9.17, 15) is 4.79 Å². The van der Waals surface area contributed by atoms with Gasteiger partial charge in [-0.15, -0.1) is 24.0 Å². The van der Waals surface area contributed by atoms with Gasteiger partial charge in [0.2, 0.25) is 5.91 Å². The lowest BCUT2D eigenvalue weighted by molar-refractivity contribution is -0.129. The first-order chi connectivity index (χ1) is 11.7. The monoisotopic (exact) mass is 465 g/mol. The van der Waals surface area contributed by atoms with Crippen LogP contribution in [0.3, 0.4) is 0 Å². The van der Waals surface area contributed by atoms with Crippen LogP contribution in [-0.4, -0.2) is 73.5 Å². The molecule has 0 saturated carbocycles. The topological polar surface area (TPSA) is 60.0 Å². The average molecular weight is 465 g/mol. The van der Waals surface area contributed by atoms with Crippen molar-refractivity contribution in [1.29, 1.82) is 0 Å². The van der Waals surface area contributed by atoms with Crippen molar-refractivity contribution in [3.8, 4) is 0 Å². The van der Waals surface area contributed by atoms with Crippen LogP contribution < -0.4 is 10.6 Å². The molecule has 2 fully saturated rings. The number of likely N-dealkylation sites (tertiary alicyclic amines) is 2. The van der Waals surface area contributed by atoms with Crippen molar-refractivity contribution in [2.24, 2.45) is 4.99 Å². The molecule has 25 heavy (non-hydrogen) atoms. The summed E-state index contributed by atoms with van der Waals surface area (Å²) in [6.45, 7) is 9.48. The summed E-state index contributed by atoms with van der Waals surface area (Å²) >= 11 is 0. The molecule has 1 amide bonds. The summed E-state index contributed by atoms with van der Waals surface area (Å²) in [5, 5.41) is 6.87. The number of carbonyl (C=O) groups is 1. The van der Waals surface area contributed by atoms with E-state index in [1.54, 1.807) is 0 Å². The fourth-order valence-corrected chi connectivity index (χ4v) is 3.97. The third-order valence-electron chi connectivity index (χ3n) is 5.43. The molecule has 0 aromatic carbocycles. The highest BCUT2D eigenvalue weighted by atomic mass is 127. The van der Waals surface area contributed by atoms with Crippen LogP contribution in [0.5, 0.6) is 0 Å². The van der Waals surface area contributed by atoms with E-state index in [2.05, 4.69) is 39.3 Å². The number of guanidine groups is 1. The Bertz CT molecular complexity index is 432. The van der Waals surface area contributed by atoms with Gasteiger partial charge in [0.05, 0.1) is 0 Å². The Balaban J connectivity index is 0.00000312. The van der Waals surface area contributed by atoms with Gasteiger partial charge in [-0.2, -0.15) is 0 Å². The molecule has 0 aromatic heterocycles. The normalized spacial score (nSPS) is 22.8. The summed E-state index contributed by atoms with van der Waals surface area (Å²) in [4.78, 5) is 20.8. The van der Waals surface area contributed by atoms with Crippen LogP contribution in [0.25, 0.3) is 0 Å². The molecule has 2 saturated heterocycles. The molecule has 2 heterocycles. The fourth-order valence-electron chi connectivity index (χ4n) is 3.97. The predicted octanol–water partition coefficient (Wildman–Crippen LogP) is 2.04. The molecule has 7 heteroatoms. The summed E-state index contributed by atoms with van der Waals surface area (Å²) < 4.78 is 0. The summed E-state index contributed by atoms with van der Waals surface area (Å²) in [6.07, 6.45) is 6.31. The summed E-state index contributed by atoms with van der Waals surface area (Å²) in [5.41, 5.74) is 0. The molecular weight excluding hydrogens is 429 g/mol. The predicted molar refractivity (Wildman–Crippen MR) is 115 cm³/mol. The number of carbonyl (C=O) groups excluding carboxylic acids is 1. The first kappa shape index (κ1) is 22.5. The van der Waals surface area contributed by atoms with Crippen molar-refractivity contribution in [2.75, 3.05) is 39.8 Å². The van der Waals surface area contributed by atoms with Crippen LogP contribution in [0, 0.1) is 0 Å². The molecule has 2 aliphatic rings. The van der Waals surface area contributed by atoms with Crippen molar-refractivity contribution in [3.63, 3.8) is 0 Å². The molecule has 146 valence electrons. The number of hydrogen-bond acceptors (Lipinski definition) is 3. The number of hydrogen-bond donors (Lipinski definition) is 2. The number of nitrogens with one attached hydrogen (secondary N) is 2. The Hall–Kier alpha value is -0.570. The number of halogens is 1. The van der Waals surface area contributed by atoms with E-state index in [1.807, 2.05) is 7.05 Å². The van der Waals surface area contributed by atoms with Crippen LogP contribution in [0.4, 0.5) is 0 Å². The maximum Gasteiger partial charge on any atom is 0.222 e. The Labute approximate surface area is 170 Å². The fraction of sp³-hybridized carbons (Fsp3) is 0.889. The van der Waals surface area contributed by atoms with E-state index in [4.69, 9.17) is 0 Å². The Morgan fingerprint density at radius 2 is 2.08 bits per heavy atom. The molecule has 0 spiro atoms. The maximum absolute atomic E-state index is 11.9. The third-order valence-corrected chi connectivity index (χ3v) is 5.43. The highest BCUT2D eigenvalue weighted by Crippen LogP contribution is 2.18. The molecule has 2 N–H and O–H groups in total. The second-order valence-corrected chi connectivity index (χ2v) is 6.85. The van der Waals surface area contributed by atoms with Gasteiger partial charge in [-0.05, 0) is 45.2 Å². The van der Waals surface area contributed by atoms with Gasteiger partial charge < -0.3 is 15.5 Å². The third kappa shape index (κ3) is 6.58. The molecule has 2 aliphatic heterocycles. The quantitative estimate of drug-likeness (QED) is 0.327. The van der Waals surface area contributed by atoms with E-state index in [0.29, 0.717) is 18.0 Å². The van der Waals surface area contributed by atoms with Gasteiger partial charge in [-0.1, -0.05) is 13.8 Å². The zero-order valence-electron chi connectivity index (χ0n) is 16.1. The lowest BCUT2D eigenvalue weighted by Gasteiger charge is -2.27. The van der Waals surface area contributed by atoms with Crippen LogP contribution in [-0.2, 0) is 4.79 Å². The summed E-state index contributed by atoms with van der Waals surface area (Å²) in [7, 11) is 1.82. The van der Waals surface area contributed by atoms with Crippen LogP contribution in [0.15, 0.2) is 4.99 Å². The highest BCUT2D eigenvalue weighted by molar-refractivity contribution is 14.0. The largest absolute Gasteiger partial charge is 0.356 e. The van der Waals surface area contributed by atoms with E-state index in [0.717, 1.165) is 57.8 Å². The Morgan fingerprint density at radius 1 is 1.28 bits per heavy atom. The maximum atomic E-state index is 11.9. The second kappa shape index (κ2) is 11.9. The number of likely N-dealkylation sites (N-methyl/N-ethyl adjacent to an activating group) is 1. The minimum Gasteiger partial charge on any atom is -0.356 e. The number of aliphatic imine (C=N–C) groups is 1. The van der Waals surface area contributed by atoms with E-state index in [-0.39, 0.29) is 24.0 Å². The van der Waals surface area contributed by atoms with E-state index < -0.39 is 0 Å². The number of nitrogens with zero attached hydrogens (tertiary/aromatic N) is 3. The number of amides is 1. The van der Waals surface area contributed by atoms with Gasteiger partial charge in [0.15, 0.2) is 5.96 Å². The second-order valence-electron chi connectivity index (χ2n) is 6.85. The van der Waals surface area contributed by atoms with Crippen LogP contribution in [0.2, 0.25) is 0 Å². The van der Waals surface area contributed by atoms with Gasteiger partial charge >= 0.3 is 0 Å². The van der Waals surface area contributed by atoms with Crippen molar-refractivity contribution in [3.05, 3.63) is 0 Å². The van der Waals surface area contributed by atoms with Crippen molar-refractivity contribution in [1.82, 2.24) is 20.4 Å². The van der Waals surface area contributed by atoms with Crippen molar-refractivity contribution >= 4 is 35.8 Å². The van der Waals surface area contributed by atoms with Gasteiger partial charge in [-0.3, -0.25) is 14.7 Å². The van der Waals surface area contributed by atoms with Gasteiger partial charge in [0.1, 0.15) is 0 Å². The zero-order chi connectivity index (χ0) is 17.4. The minimum atomic E-state index is 0. The van der Waals surface area contributed by atoms with Crippen molar-refractivity contribution < 1.29 is 4.79 Å². The molecular formula is C18H36IN5O. The molecule has 6 nitrogen and oxygen atoms in total. The van der Waals surface area contributed by atoms with Crippen LogP contribution >= 0.6 is 24.0 Å². The first-order valence-corrected chi connectivity index (χ1v) is 9.67. The Morgan fingerprint density at radius 3 is 2.68 bits per heavy atom. The number of rotatable bonds is 8. The molecule has 0 aromatic rings. The van der Waals surface area contributed by atoms with E-state index in [1.165, 1.54) is 19.4 Å². The van der Waals surface area contributed by atoms with Gasteiger partial charge in [0.25, 0.3) is 0 Å². The lowest BCUT2D eigenvalue weighted by Crippen LogP contribution is -2.46. The van der Waals surface area contributed by atoms with Gasteiger partial charge in [-0.25, -0.2) is 0 Å². The first-order valence-electron chi connectivity index (χ1n) is 9.67. The van der Waals surface area contributed by atoms with Crippen molar-refractivity contribution in [2.45, 2.75) is 64.5 Å². The highest BCUT2D eigenvalue weighted by Gasteiger charge is 2.26. The lowest BCUT2D eigenvalue weighted by atomic mass is 10.1. The summed E-state index contributed by atoms with van der Waals surface area (Å²) in [5.74, 6) is 1.20. The standard InChI is InChI=1S/C18H35N5O.HI/c1-4-15(23-13-7-9-17(23)24)10-11-20-18(19-3)21-14-16-8-6-12-22(16)5-2;/h15-16H,4-14H2,1-3H3,(H2,19,20,21);1H. The summed E-state index contributed by atoms with van der Waals surface area (Å²) in [6, 6.07) is 0.982. The van der Waals surface area contributed by atoms with Crippen LogP contribution in [0.1, 0.15) is 52.4 Å². The Kier molecular flexibility index (Phi) is 10.7. The SMILES string of the molecule is CCC(CCNC(=NC)NCC1CCCN1CC)N1CCCC1=O.I. The molecule has 0 aliphatic carbocycles. The molecule has 0 bridgehead atoms. The smallest absolute Gasteiger partial charge is 0.222 e. The van der Waals surface area contributed by atoms with Gasteiger partial charge in [0, 0.05) is 45.2 Å². The molecule has 0 radical (unpaired) electrons. The zero-order valence-corrected chi connectivity index (χ0v) is 18.4. The molecule has 2 rings (SSSR count). The minimum absolute atomic E-state index is 0.